The number of benzene rings is 1. The van der Waals surface area contributed by atoms with E-state index in [9.17, 15) is 4.79 Å². The summed E-state index contributed by atoms with van der Waals surface area (Å²) < 4.78 is 0. The first kappa shape index (κ1) is 15.0. The monoisotopic (exact) mass is 280 g/mol. The maximum Gasteiger partial charge on any atom is 0.257 e. The number of hydrogen-bond donors (Lipinski definition) is 1. The van der Waals surface area contributed by atoms with Crippen molar-refractivity contribution >= 4 is 17.8 Å². The number of carbonyl (C=O) groups is 1. The number of nitrogens with one attached hydrogen (secondary N) is 1. The van der Waals surface area contributed by atoms with Gasteiger partial charge in [0.25, 0.3) is 5.91 Å². The maximum absolute atomic E-state index is 12.2. The summed E-state index contributed by atoms with van der Waals surface area (Å²) in [4.78, 5) is 16.3. The number of carbonyl (C=O) groups excluding carboxylic acids is 1. The zero-order valence-corrected chi connectivity index (χ0v) is 12.5. The number of nitrogens with zero attached hydrogens (tertiary/aromatic N) is 1. The fraction of sp³-hybridized carbons (Fsp3) is 0.222. The van der Waals surface area contributed by atoms with Gasteiger partial charge in [0.2, 0.25) is 0 Å². The Bertz CT molecular complexity index is 633. The minimum absolute atomic E-state index is 0.129. The molecule has 0 aliphatic rings. The van der Waals surface area contributed by atoms with Crippen molar-refractivity contribution in [1.82, 2.24) is 4.98 Å². The molecule has 1 aromatic heterocycles. The lowest BCUT2D eigenvalue weighted by Gasteiger charge is -2.07. The number of aromatic nitrogens is 1. The zero-order chi connectivity index (χ0) is 15.1. The van der Waals surface area contributed by atoms with E-state index in [2.05, 4.69) is 29.4 Å². The summed E-state index contributed by atoms with van der Waals surface area (Å²) in [5, 5.41) is 2.80. The average molecular weight is 280 g/mol. The fourth-order valence-electron chi connectivity index (χ4n) is 2.05. The zero-order valence-electron chi connectivity index (χ0n) is 12.5. The van der Waals surface area contributed by atoms with Crippen molar-refractivity contribution in [3.8, 4) is 0 Å². The molecule has 2 rings (SSSR count). The minimum Gasteiger partial charge on any atom is -0.307 e. The van der Waals surface area contributed by atoms with E-state index >= 15 is 0 Å². The molecular weight excluding hydrogens is 260 g/mol. The van der Waals surface area contributed by atoms with Gasteiger partial charge in [0.05, 0.1) is 0 Å². The molecule has 108 valence electrons. The molecule has 1 amide bonds. The first-order chi connectivity index (χ1) is 10.2. The molecule has 0 aliphatic heterocycles. The van der Waals surface area contributed by atoms with Crippen LogP contribution in [0.3, 0.4) is 0 Å². The molecule has 0 saturated heterocycles. The summed E-state index contributed by atoms with van der Waals surface area (Å²) in [7, 11) is 0. The predicted octanol–water partition coefficient (Wildman–Crippen LogP) is 4.46. The Labute approximate surface area is 125 Å². The van der Waals surface area contributed by atoms with E-state index in [0.29, 0.717) is 11.4 Å². The van der Waals surface area contributed by atoms with Crippen molar-refractivity contribution in [2.75, 3.05) is 5.32 Å². The van der Waals surface area contributed by atoms with Gasteiger partial charge in [-0.25, -0.2) is 4.98 Å². The van der Waals surface area contributed by atoms with E-state index in [4.69, 9.17) is 0 Å². The van der Waals surface area contributed by atoms with Crippen LogP contribution in [-0.4, -0.2) is 10.9 Å². The largest absolute Gasteiger partial charge is 0.307 e. The fourth-order valence-corrected chi connectivity index (χ4v) is 2.05. The lowest BCUT2D eigenvalue weighted by Crippen LogP contribution is -2.14. The number of aryl methyl sites for hydroxylation is 1. The van der Waals surface area contributed by atoms with Crippen molar-refractivity contribution in [1.29, 1.82) is 0 Å². The number of unbranched alkanes of at least 4 members (excludes halogenated alkanes) is 1. The molecule has 1 heterocycles. The van der Waals surface area contributed by atoms with Crippen molar-refractivity contribution in [2.45, 2.75) is 26.7 Å². The number of anilines is 1. The minimum atomic E-state index is -0.129. The van der Waals surface area contributed by atoms with Crippen LogP contribution in [0.15, 0.2) is 48.7 Å². The van der Waals surface area contributed by atoms with Crippen molar-refractivity contribution in [3.63, 3.8) is 0 Å². The topological polar surface area (TPSA) is 42.0 Å². The normalized spacial score (nSPS) is 10.8. The van der Waals surface area contributed by atoms with Gasteiger partial charge in [-0.05, 0) is 42.7 Å². The summed E-state index contributed by atoms with van der Waals surface area (Å²) in [5.74, 6) is 0.434. The molecule has 0 saturated carbocycles. The lowest BCUT2D eigenvalue weighted by atomic mass is 10.0. The quantitative estimate of drug-likeness (QED) is 0.878. The molecule has 0 atom stereocenters. The number of allylic oxidation sites excluding steroid dienone is 1. The van der Waals surface area contributed by atoms with E-state index in [1.165, 1.54) is 0 Å². The van der Waals surface area contributed by atoms with Gasteiger partial charge in [-0.15, -0.1) is 0 Å². The van der Waals surface area contributed by atoms with Crippen LogP contribution < -0.4 is 5.32 Å². The molecule has 21 heavy (non-hydrogen) atoms. The molecule has 0 spiro atoms. The third-order valence-corrected chi connectivity index (χ3v) is 3.17. The van der Waals surface area contributed by atoms with Crippen LogP contribution in [0.25, 0.3) is 6.08 Å². The molecular formula is C18H20N2O. The number of pyridine rings is 1. The summed E-state index contributed by atoms with van der Waals surface area (Å²) in [6.07, 6.45) is 8.12. The highest BCUT2D eigenvalue weighted by molar-refractivity contribution is 6.04. The molecule has 0 unspecified atom stereocenters. The SMILES string of the molecule is CCC/C=C/c1ccc(C(=O)Nc2ccccn2)c(C)c1. The molecule has 0 fully saturated rings. The third-order valence-electron chi connectivity index (χ3n) is 3.17. The van der Waals surface area contributed by atoms with E-state index in [1.807, 2.05) is 37.3 Å². The van der Waals surface area contributed by atoms with Gasteiger partial charge in [-0.3, -0.25) is 4.79 Å². The van der Waals surface area contributed by atoms with Crippen LogP contribution >= 0.6 is 0 Å². The summed E-state index contributed by atoms with van der Waals surface area (Å²) in [5.41, 5.74) is 2.76. The standard InChI is InChI=1S/C18H20N2O/c1-3-4-5-8-15-10-11-16(14(2)13-15)18(21)20-17-9-6-7-12-19-17/h5-13H,3-4H2,1-2H3,(H,19,20,21)/b8-5+. The van der Waals surface area contributed by atoms with Gasteiger partial charge in [0.15, 0.2) is 0 Å². The molecule has 0 bridgehead atoms. The highest BCUT2D eigenvalue weighted by Crippen LogP contribution is 2.14. The Morgan fingerprint density at radius 1 is 1.29 bits per heavy atom. The molecule has 3 heteroatoms. The number of hydrogen-bond acceptors (Lipinski definition) is 2. The van der Waals surface area contributed by atoms with Crippen LogP contribution in [0, 0.1) is 6.92 Å². The second-order valence-electron chi connectivity index (χ2n) is 4.93. The summed E-state index contributed by atoms with van der Waals surface area (Å²) >= 11 is 0. The summed E-state index contributed by atoms with van der Waals surface area (Å²) in [6, 6.07) is 11.3. The summed E-state index contributed by atoms with van der Waals surface area (Å²) in [6.45, 7) is 4.10. The Kier molecular flexibility index (Phi) is 5.27. The van der Waals surface area contributed by atoms with Gasteiger partial charge in [0.1, 0.15) is 5.82 Å². The first-order valence-electron chi connectivity index (χ1n) is 7.20. The highest BCUT2D eigenvalue weighted by Gasteiger charge is 2.09. The first-order valence-corrected chi connectivity index (χ1v) is 7.20. The van der Waals surface area contributed by atoms with Gasteiger partial charge >= 0.3 is 0 Å². The van der Waals surface area contributed by atoms with Crippen LogP contribution in [-0.2, 0) is 0 Å². The maximum atomic E-state index is 12.2. The predicted molar refractivity (Wildman–Crippen MR) is 87.3 cm³/mol. The Morgan fingerprint density at radius 3 is 2.81 bits per heavy atom. The second-order valence-corrected chi connectivity index (χ2v) is 4.93. The van der Waals surface area contributed by atoms with Gasteiger partial charge in [-0.1, -0.05) is 43.7 Å². The van der Waals surface area contributed by atoms with Crippen molar-refractivity contribution < 1.29 is 4.79 Å². The molecule has 3 nitrogen and oxygen atoms in total. The number of rotatable bonds is 5. The molecule has 1 aromatic carbocycles. The Balaban J connectivity index is 2.11. The molecule has 0 aliphatic carbocycles. The smallest absolute Gasteiger partial charge is 0.257 e. The lowest BCUT2D eigenvalue weighted by molar-refractivity contribution is 0.102. The molecule has 1 N–H and O–H groups in total. The van der Waals surface area contributed by atoms with Crippen LogP contribution in [0.5, 0.6) is 0 Å². The van der Waals surface area contributed by atoms with Crippen LogP contribution in [0.2, 0.25) is 0 Å². The van der Waals surface area contributed by atoms with Gasteiger partial charge in [-0.2, -0.15) is 0 Å². The Hall–Kier alpha value is -2.42. The van der Waals surface area contributed by atoms with E-state index in [0.717, 1.165) is 24.0 Å². The number of amides is 1. The van der Waals surface area contributed by atoms with Crippen molar-refractivity contribution in [3.05, 3.63) is 65.4 Å². The average Bonchev–Trinajstić information content (AvgIpc) is 2.48. The molecule has 0 radical (unpaired) electrons. The third kappa shape index (κ3) is 4.28. The van der Waals surface area contributed by atoms with E-state index < -0.39 is 0 Å². The van der Waals surface area contributed by atoms with E-state index in [1.54, 1.807) is 12.3 Å². The van der Waals surface area contributed by atoms with E-state index in [-0.39, 0.29) is 5.91 Å². The van der Waals surface area contributed by atoms with Crippen LogP contribution in [0.1, 0.15) is 41.3 Å². The Morgan fingerprint density at radius 2 is 2.14 bits per heavy atom. The van der Waals surface area contributed by atoms with Crippen molar-refractivity contribution in [2.24, 2.45) is 0 Å². The van der Waals surface area contributed by atoms with Gasteiger partial charge in [0, 0.05) is 11.8 Å². The van der Waals surface area contributed by atoms with Gasteiger partial charge < -0.3 is 5.32 Å². The highest BCUT2D eigenvalue weighted by atomic mass is 16.1. The molecule has 2 aromatic rings. The van der Waals surface area contributed by atoms with Crippen LogP contribution in [0.4, 0.5) is 5.82 Å². The second kappa shape index (κ2) is 7.39.